The molecule has 2 aromatic rings. The molecular formula is C14H17N3O2S. The topological polar surface area (TPSA) is 76.3 Å². The Kier molecular flexibility index (Phi) is 3.05. The van der Waals surface area contributed by atoms with Crippen LogP contribution in [0, 0.1) is 0 Å². The van der Waals surface area contributed by atoms with Gasteiger partial charge in [-0.25, -0.2) is 8.42 Å². The summed E-state index contributed by atoms with van der Waals surface area (Å²) in [4.78, 5) is 6.52. The molecule has 0 bridgehead atoms. The van der Waals surface area contributed by atoms with E-state index in [2.05, 4.69) is 9.88 Å². The van der Waals surface area contributed by atoms with Crippen molar-refractivity contribution in [3.05, 3.63) is 30.5 Å². The maximum atomic E-state index is 11.7. The summed E-state index contributed by atoms with van der Waals surface area (Å²) >= 11 is 0. The molecule has 106 valence electrons. The molecule has 1 fully saturated rings. The van der Waals surface area contributed by atoms with Gasteiger partial charge in [0.25, 0.3) is 0 Å². The average molecular weight is 291 g/mol. The highest BCUT2D eigenvalue weighted by molar-refractivity contribution is 7.91. The molecule has 0 spiro atoms. The molecule has 2 N–H and O–H groups in total. The fraction of sp³-hybridized carbons (Fsp3) is 0.357. The van der Waals surface area contributed by atoms with Crippen LogP contribution < -0.4 is 10.6 Å². The van der Waals surface area contributed by atoms with Crippen molar-refractivity contribution in [3.8, 4) is 0 Å². The molecule has 1 atom stereocenters. The molecule has 0 amide bonds. The highest BCUT2D eigenvalue weighted by atomic mass is 32.2. The van der Waals surface area contributed by atoms with Gasteiger partial charge in [-0.2, -0.15) is 0 Å². The number of nitrogen functional groups attached to an aromatic ring is 1. The summed E-state index contributed by atoms with van der Waals surface area (Å²) in [5, 5.41) is 0.908. The number of benzene rings is 1. The van der Waals surface area contributed by atoms with Gasteiger partial charge in [0.2, 0.25) is 0 Å². The van der Waals surface area contributed by atoms with E-state index in [1.807, 2.05) is 31.2 Å². The Labute approximate surface area is 118 Å². The zero-order chi connectivity index (χ0) is 14.3. The van der Waals surface area contributed by atoms with Crippen LogP contribution in [0.15, 0.2) is 30.5 Å². The second-order valence-corrected chi connectivity index (χ2v) is 7.46. The summed E-state index contributed by atoms with van der Waals surface area (Å²) in [6.45, 7) is 2.43. The van der Waals surface area contributed by atoms with E-state index in [1.165, 1.54) is 0 Å². The predicted molar refractivity (Wildman–Crippen MR) is 81.6 cm³/mol. The van der Waals surface area contributed by atoms with Crippen LogP contribution in [-0.4, -0.2) is 37.5 Å². The van der Waals surface area contributed by atoms with E-state index >= 15 is 0 Å². The molecule has 1 aliphatic heterocycles. The molecule has 1 unspecified atom stereocenters. The van der Waals surface area contributed by atoms with Crippen molar-refractivity contribution < 1.29 is 8.42 Å². The van der Waals surface area contributed by atoms with Gasteiger partial charge < -0.3 is 10.6 Å². The van der Waals surface area contributed by atoms with Crippen molar-refractivity contribution in [3.63, 3.8) is 0 Å². The molecule has 0 saturated carbocycles. The van der Waals surface area contributed by atoms with Crippen LogP contribution in [-0.2, 0) is 9.84 Å². The number of nitrogens with two attached hydrogens (primary N) is 1. The number of fused-ring (bicyclic) bond motifs is 1. The summed E-state index contributed by atoms with van der Waals surface area (Å²) in [5.74, 6) is 0.377. The Hall–Kier alpha value is -1.82. The molecule has 0 radical (unpaired) electrons. The quantitative estimate of drug-likeness (QED) is 0.805. The van der Waals surface area contributed by atoms with Crippen molar-refractivity contribution >= 4 is 32.1 Å². The number of pyridine rings is 1. The largest absolute Gasteiger partial charge is 0.398 e. The van der Waals surface area contributed by atoms with Crippen molar-refractivity contribution in [2.75, 3.05) is 28.7 Å². The van der Waals surface area contributed by atoms with Gasteiger partial charge in [-0.1, -0.05) is 0 Å². The van der Waals surface area contributed by atoms with Gasteiger partial charge >= 0.3 is 0 Å². The molecule has 6 heteroatoms. The molecule has 1 aliphatic rings. The Balaban J connectivity index is 2.09. The van der Waals surface area contributed by atoms with Crippen LogP contribution in [0.3, 0.4) is 0 Å². The molecule has 0 aliphatic carbocycles. The van der Waals surface area contributed by atoms with Crippen molar-refractivity contribution in [2.45, 2.75) is 13.0 Å². The summed E-state index contributed by atoms with van der Waals surface area (Å²) in [6.07, 6.45) is 1.73. The van der Waals surface area contributed by atoms with Gasteiger partial charge in [-0.3, -0.25) is 4.98 Å². The van der Waals surface area contributed by atoms with Gasteiger partial charge in [-0.05, 0) is 31.2 Å². The highest BCUT2D eigenvalue weighted by Crippen LogP contribution is 2.31. The SMILES string of the molecule is CC1CS(=O)(=O)CCN1c1ccc(N)c2cccnc12. The fourth-order valence-corrected chi connectivity index (χ4v) is 4.32. The third-order valence-electron chi connectivity index (χ3n) is 3.76. The molecular weight excluding hydrogens is 274 g/mol. The molecule has 1 saturated heterocycles. The van der Waals surface area contributed by atoms with Gasteiger partial charge in [0.15, 0.2) is 9.84 Å². The van der Waals surface area contributed by atoms with Crippen LogP contribution in [0.4, 0.5) is 11.4 Å². The number of rotatable bonds is 1. The Bertz CT molecular complexity index is 758. The van der Waals surface area contributed by atoms with E-state index in [-0.39, 0.29) is 17.5 Å². The van der Waals surface area contributed by atoms with E-state index in [9.17, 15) is 8.42 Å². The lowest BCUT2D eigenvalue weighted by Crippen LogP contribution is -2.47. The smallest absolute Gasteiger partial charge is 0.154 e. The maximum absolute atomic E-state index is 11.7. The first-order valence-electron chi connectivity index (χ1n) is 6.58. The van der Waals surface area contributed by atoms with E-state index in [1.54, 1.807) is 6.20 Å². The normalized spacial score (nSPS) is 22.1. The molecule has 5 nitrogen and oxygen atoms in total. The van der Waals surface area contributed by atoms with Crippen molar-refractivity contribution in [2.24, 2.45) is 0 Å². The van der Waals surface area contributed by atoms with Gasteiger partial charge in [0.1, 0.15) is 0 Å². The molecule has 3 rings (SSSR count). The van der Waals surface area contributed by atoms with E-state index in [0.717, 1.165) is 16.6 Å². The van der Waals surface area contributed by atoms with Gasteiger partial charge in [0, 0.05) is 29.9 Å². The molecule has 1 aromatic heterocycles. The Morgan fingerprint density at radius 1 is 1.35 bits per heavy atom. The Morgan fingerprint density at radius 2 is 2.15 bits per heavy atom. The second-order valence-electron chi connectivity index (χ2n) is 5.23. The first-order valence-corrected chi connectivity index (χ1v) is 8.40. The van der Waals surface area contributed by atoms with E-state index in [0.29, 0.717) is 12.2 Å². The predicted octanol–water partition coefficient (Wildman–Crippen LogP) is 1.44. The lowest BCUT2D eigenvalue weighted by molar-refractivity contribution is 0.568. The molecule has 2 heterocycles. The van der Waals surface area contributed by atoms with E-state index < -0.39 is 9.84 Å². The van der Waals surface area contributed by atoms with Gasteiger partial charge in [0.05, 0.1) is 22.7 Å². The number of anilines is 2. The minimum absolute atomic E-state index is 0.0532. The van der Waals surface area contributed by atoms with Crippen LogP contribution >= 0.6 is 0 Å². The Morgan fingerprint density at radius 3 is 2.90 bits per heavy atom. The fourth-order valence-electron chi connectivity index (χ4n) is 2.77. The number of sulfone groups is 1. The molecule has 1 aromatic carbocycles. The zero-order valence-electron chi connectivity index (χ0n) is 11.3. The third kappa shape index (κ3) is 2.20. The highest BCUT2D eigenvalue weighted by Gasteiger charge is 2.29. The number of hydrogen-bond donors (Lipinski definition) is 1. The minimum Gasteiger partial charge on any atom is -0.398 e. The second kappa shape index (κ2) is 4.63. The first-order chi connectivity index (χ1) is 9.48. The third-order valence-corrected chi connectivity index (χ3v) is 5.56. The van der Waals surface area contributed by atoms with Crippen LogP contribution in [0.25, 0.3) is 10.9 Å². The summed E-state index contributed by atoms with van der Waals surface area (Å²) in [5.41, 5.74) is 8.45. The summed E-state index contributed by atoms with van der Waals surface area (Å²) < 4.78 is 23.4. The van der Waals surface area contributed by atoms with Crippen molar-refractivity contribution in [1.82, 2.24) is 4.98 Å². The molecule has 20 heavy (non-hydrogen) atoms. The first kappa shape index (κ1) is 13.2. The standard InChI is InChI=1S/C14H17N3O2S/c1-10-9-20(18,19)8-7-17(10)13-5-4-12(15)11-3-2-6-16-14(11)13/h2-6,10H,7-9,15H2,1H3. The van der Waals surface area contributed by atoms with Crippen molar-refractivity contribution in [1.29, 1.82) is 0 Å². The lowest BCUT2D eigenvalue weighted by atomic mass is 10.1. The van der Waals surface area contributed by atoms with E-state index in [4.69, 9.17) is 5.73 Å². The lowest BCUT2D eigenvalue weighted by Gasteiger charge is -2.35. The van der Waals surface area contributed by atoms with Crippen LogP contribution in [0.1, 0.15) is 6.92 Å². The zero-order valence-corrected chi connectivity index (χ0v) is 12.1. The minimum atomic E-state index is -2.92. The average Bonchev–Trinajstić information content (AvgIpc) is 2.40. The summed E-state index contributed by atoms with van der Waals surface area (Å²) in [7, 11) is -2.92. The van der Waals surface area contributed by atoms with Gasteiger partial charge in [-0.15, -0.1) is 0 Å². The summed E-state index contributed by atoms with van der Waals surface area (Å²) in [6, 6.07) is 7.52. The number of hydrogen-bond acceptors (Lipinski definition) is 5. The maximum Gasteiger partial charge on any atom is 0.154 e. The monoisotopic (exact) mass is 291 g/mol. The van der Waals surface area contributed by atoms with Crippen LogP contribution in [0.5, 0.6) is 0 Å². The number of aromatic nitrogens is 1. The van der Waals surface area contributed by atoms with Crippen LogP contribution in [0.2, 0.25) is 0 Å². The number of nitrogens with zero attached hydrogens (tertiary/aromatic N) is 2.